The average molecular weight is 568 g/mol. The smallest absolute Gasteiger partial charge is 0.240 e. The number of methoxy groups -OCH3 is 1. The van der Waals surface area contributed by atoms with Gasteiger partial charge in [-0.1, -0.05) is 12.1 Å². The summed E-state index contributed by atoms with van der Waals surface area (Å²) in [4.78, 5) is 22.0. The molecular weight excluding hydrogens is 530 g/mol. The van der Waals surface area contributed by atoms with Gasteiger partial charge in [-0.25, -0.2) is 23.5 Å². The zero-order valence-electron chi connectivity index (χ0n) is 23.2. The fourth-order valence-electron chi connectivity index (χ4n) is 5.37. The predicted molar refractivity (Wildman–Crippen MR) is 156 cm³/mol. The second-order valence-corrected chi connectivity index (χ2v) is 11.8. The summed E-state index contributed by atoms with van der Waals surface area (Å²) in [5.74, 6) is 1.23. The quantitative estimate of drug-likeness (QED) is 0.415. The minimum Gasteiger partial charge on any atom is -0.494 e. The minimum absolute atomic E-state index is 0.0164. The van der Waals surface area contributed by atoms with Gasteiger partial charge in [-0.05, 0) is 44.2 Å². The Balaban J connectivity index is 1.27. The number of nitrogens with two attached hydrogens (primary N) is 1. The van der Waals surface area contributed by atoms with E-state index in [1.807, 2.05) is 12.1 Å². The standard InChI is InChI=1S/C27H37N9O3S/c1-33-14-16-36(17-15-33)20-10-12-35(13-11-20)21-8-9-22(24(18-21)39-3)31-26-29-19-30-27(32-26)34(2)23-6-4-5-7-25(23)40(28,37)38/h4-9,18-20H,10-17H2,1-3H3,(H2,28,37,38)(H,29,30,31,32). The van der Waals surface area contributed by atoms with Crippen LogP contribution in [0.1, 0.15) is 12.8 Å². The van der Waals surface area contributed by atoms with Crippen LogP contribution in [0.25, 0.3) is 0 Å². The van der Waals surface area contributed by atoms with Crippen LogP contribution in [-0.2, 0) is 10.0 Å². The topological polar surface area (TPSA) is 133 Å². The molecule has 0 atom stereocenters. The molecule has 5 rings (SSSR count). The summed E-state index contributed by atoms with van der Waals surface area (Å²) < 4.78 is 29.9. The summed E-state index contributed by atoms with van der Waals surface area (Å²) in [5.41, 5.74) is 2.19. The van der Waals surface area contributed by atoms with Crippen LogP contribution in [0.15, 0.2) is 53.7 Å². The van der Waals surface area contributed by atoms with E-state index >= 15 is 0 Å². The third kappa shape index (κ3) is 6.28. The summed E-state index contributed by atoms with van der Waals surface area (Å²) in [5, 5.41) is 8.62. The van der Waals surface area contributed by atoms with E-state index in [-0.39, 0.29) is 10.8 Å². The van der Waals surface area contributed by atoms with Crippen LogP contribution in [0.2, 0.25) is 0 Å². The number of ether oxygens (including phenoxy) is 1. The van der Waals surface area contributed by atoms with Gasteiger partial charge in [0.15, 0.2) is 0 Å². The van der Waals surface area contributed by atoms with Crippen molar-refractivity contribution in [1.82, 2.24) is 24.8 Å². The number of aromatic nitrogens is 3. The van der Waals surface area contributed by atoms with Crippen molar-refractivity contribution in [3.05, 3.63) is 48.8 Å². The molecule has 1 aromatic heterocycles. The average Bonchev–Trinajstić information content (AvgIpc) is 2.97. The SMILES string of the molecule is COc1cc(N2CCC(N3CCN(C)CC3)CC2)ccc1Nc1ncnc(N(C)c2ccccc2S(N)(=O)=O)n1. The molecule has 0 aliphatic carbocycles. The predicted octanol–water partition coefficient (Wildman–Crippen LogP) is 2.26. The summed E-state index contributed by atoms with van der Waals surface area (Å²) >= 11 is 0. The minimum atomic E-state index is -3.93. The summed E-state index contributed by atoms with van der Waals surface area (Å²) in [6, 6.07) is 13.2. The Kier molecular flexibility index (Phi) is 8.35. The molecule has 0 saturated carbocycles. The third-order valence-corrected chi connectivity index (χ3v) is 8.67. The van der Waals surface area contributed by atoms with Crippen molar-refractivity contribution in [2.45, 2.75) is 23.8 Å². The Labute approximate surface area is 235 Å². The van der Waals surface area contributed by atoms with Gasteiger partial charge in [-0.15, -0.1) is 0 Å². The largest absolute Gasteiger partial charge is 0.494 e. The van der Waals surface area contributed by atoms with Crippen molar-refractivity contribution < 1.29 is 13.2 Å². The zero-order valence-corrected chi connectivity index (χ0v) is 24.0. The van der Waals surface area contributed by atoms with E-state index in [4.69, 9.17) is 9.88 Å². The highest BCUT2D eigenvalue weighted by Crippen LogP contribution is 2.34. The van der Waals surface area contributed by atoms with Crippen LogP contribution >= 0.6 is 0 Å². The van der Waals surface area contributed by atoms with Crippen molar-refractivity contribution >= 4 is 39.0 Å². The Bertz CT molecular complexity index is 1420. The first-order valence-electron chi connectivity index (χ1n) is 13.4. The van der Waals surface area contributed by atoms with E-state index in [2.05, 4.69) is 48.1 Å². The second kappa shape index (κ2) is 11.9. The molecule has 0 bridgehead atoms. The van der Waals surface area contributed by atoms with Crippen LogP contribution in [-0.4, -0.2) is 99.7 Å². The molecule has 2 aromatic carbocycles. The van der Waals surface area contributed by atoms with Gasteiger partial charge in [0.1, 0.15) is 17.0 Å². The van der Waals surface area contributed by atoms with Crippen molar-refractivity contribution in [2.24, 2.45) is 5.14 Å². The second-order valence-electron chi connectivity index (χ2n) is 10.2. The number of piperazine rings is 1. The maximum absolute atomic E-state index is 12.1. The number of primary sulfonamides is 1. The number of nitrogens with one attached hydrogen (secondary N) is 1. The molecule has 0 unspecified atom stereocenters. The van der Waals surface area contributed by atoms with E-state index < -0.39 is 10.0 Å². The summed E-state index contributed by atoms with van der Waals surface area (Å²) in [7, 11) is 1.58. The molecule has 0 amide bonds. The number of hydrogen-bond donors (Lipinski definition) is 2. The number of piperidine rings is 1. The van der Waals surface area contributed by atoms with E-state index in [9.17, 15) is 8.42 Å². The molecule has 2 saturated heterocycles. The lowest BCUT2D eigenvalue weighted by atomic mass is 10.0. The number of hydrogen-bond acceptors (Lipinski definition) is 11. The normalized spacial score (nSPS) is 17.6. The Morgan fingerprint density at radius 2 is 1.75 bits per heavy atom. The van der Waals surface area contributed by atoms with Crippen LogP contribution in [0.4, 0.5) is 29.0 Å². The van der Waals surface area contributed by atoms with Crippen molar-refractivity contribution in [3.8, 4) is 5.75 Å². The van der Waals surface area contributed by atoms with E-state index in [1.54, 1.807) is 37.3 Å². The van der Waals surface area contributed by atoms with Gasteiger partial charge in [0, 0.05) is 64.1 Å². The Morgan fingerprint density at radius 3 is 2.45 bits per heavy atom. The zero-order chi connectivity index (χ0) is 28.3. The molecule has 2 fully saturated rings. The van der Waals surface area contributed by atoms with Crippen molar-refractivity contribution in [2.75, 3.05) is 75.6 Å². The molecule has 3 N–H and O–H groups in total. The van der Waals surface area contributed by atoms with Gasteiger partial charge in [0.25, 0.3) is 0 Å². The van der Waals surface area contributed by atoms with E-state index in [0.29, 0.717) is 29.1 Å². The third-order valence-electron chi connectivity index (χ3n) is 7.71. The number of likely N-dealkylation sites (N-methyl/N-ethyl adjacent to an activating group) is 1. The van der Waals surface area contributed by atoms with Crippen molar-refractivity contribution in [1.29, 1.82) is 0 Å². The molecule has 40 heavy (non-hydrogen) atoms. The molecule has 0 spiro atoms. The summed E-state index contributed by atoms with van der Waals surface area (Å²) in [6.07, 6.45) is 3.68. The monoisotopic (exact) mass is 567 g/mol. The molecule has 3 aromatic rings. The van der Waals surface area contributed by atoms with Crippen molar-refractivity contribution in [3.63, 3.8) is 0 Å². The van der Waals surface area contributed by atoms with E-state index in [1.165, 1.54) is 12.4 Å². The summed E-state index contributed by atoms with van der Waals surface area (Å²) in [6.45, 7) is 6.62. The highest BCUT2D eigenvalue weighted by Gasteiger charge is 2.27. The highest BCUT2D eigenvalue weighted by molar-refractivity contribution is 7.89. The lowest BCUT2D eigenvalue weighted by Crippen LogP contribution is -2.52. The number of rotatable bonds is 8. The van der Waals surface area contributed by atoms with Gasteiger partial charge >= 0.3 is 0 Å². The van der Waals surface area contributed by atoms with Gasteiger partial charge in [-0.3, -0.25) is 4.90 Å². The Hall–Kier alpha value is -3.52. The van der Waals surface area contributed by atoms with Gasteiger partial charge in [-0.2, -0.15) is 4.98 Å². The number of benzene rings is 2. The van der Waals surface area contributed by atoms with E-state index in [0.717, 1.165) is 57.8 Å². The molecule has 13 heteroatoms. The first-order chi connectivity index (χ1) is 19.2. The maximum Gasteiger partial charge on any atom is 0.240 e. The lowest BCUT2D eigenvalue weighted by molar-refractivity contribution is 0.0982. The van der Waals surface area contributed by atoms with Gasteiger partial charge < -0.3 is 24.8 Å². The fraction of sp³-hybridized carbons (Fsp3) is 0.444. The maximum atomic E-state index is 12.1. The van der Waals surface area contributed by atoms with Crippen LogP contribution in [0, 0.1) is 0 Å². The first-order valence-corrected chi connectivity index (χ1v) is 14.9. The first kappa shape index (κ1) is 28.0. The molecule has 2 aliphatic heterocycles. The molecule has 214 valence electrons. The molecule has 2 aliphatic rings. The lowest BCUT2D eigenvalue weighted by Gasteiger charge is -2.42. The Morgan fingerprint density at radius 1 is 1.02 bits per heavy atom. The number of anilines is 5. The van der Waals surface area contributed by atoms with Crippen LogP contribution in [0.3, 0.4) is 0 Å². The molecular formula is C27H37N9O3S. The highest BCUT2D eigenvalue weighted by atomic mass is 32.2. The molecule has 12 nitrogen and oxygen atoms in total. The molecule has 0 radical (unpaired) electrons. The number of nitrogens with zero attached hydrogens (tertiary/aromatic N) is 7. The number of para-hydroxylation sites is 1. The van der Waals surface area contributed by atoms with Gasteiger partial charge in [0.2, 0.25) is 21.9 Å². The molecule has 3 heterocycles. The number of sulfonamides is 1. The van der Waals surface area contributed by atoms with Gasteiger partial charge in [0.05, 0.1) is 18.5 Å². The fourth-order valence-corrected chi connectivity index (χ4v) is 6.13. The van der Waals surface area contributed by atoms with Crippen LogP contribution in [0.5, 0.6) is 5.75 Å². The van der Waals surface area contributed by atoms with Crippen LogP contribution < -0.4 is 25.0 Å².